The minimum atomic E-state index is -2.00. The molecule has 0 bridgehead atoms. The zero-order chi connectivity index (χ0) is 21.2. The molecule has 2 amide bonds. The number of hydrogen-bond donors (Lipinski definition) is 2. The first-order valence-electron chi connectivity index (χ1n) is 7.24. The molecule has 2 aromatic carbocycles. The number of rotatable bonds is 4. The van der Waals surface area contributed by atoms with E-state index in [2.05, 4.69) is 0 Å². The van der Waals surface area contributed by atoms with Crippen molar-refractivity contribution in [3.63, 3.8) is 0 Å². The number of benzene rings is 2. The molecule has 0 saturated carbocycles. The lowest BCUT2D eigenvalue weighted by Gasteiger charge is -2.10. The first-order chi connectivity index (χ1) is 13.0. The van der Waals surface area contributed by atoms with Gasteiger partial charge >= 0.3 is 11.8 Å². The standard InChI is InChI=1S/C16H8F8N2O2/c17-7-1-9(19)13(23)11(21)5(7)3-25-15(27)16(28)26-4-6-8(18)2-10(20)14(24)12(6)22/h1-2H,3-4H2,(H,25,27)(H,26,28). The normalized spacial score (nSPS) is 10.7. The molecule has 12 heteroatoms. The minimum Gasteiger partial charge on any atom is -0.344 e. The Kier molecular flexibility index (Phi) is 6.21. The summed E-state index contributed by atoms with van der Waals surface area (Å²) in [7, 11) is 0. The number of amides is 2. The predicted molar refractivity (Wildman–Crippen MR) is 76.2 cm³/mol. The highest BCUT2D eigenvalue weighted by molar-refractivity contribution is 6.35. The van der Waals surface area contributed by atoms with Crippen molar-refractivity contribution in [2.75, 3.05) is 0 Å². The Bertz CT molecular complexity index is 887. The molecule has 28 heavy (non-hydrogen) atoms. The zero-order valence-electron chi connectivity index (χ0n) is 13.4. The van der Waals surface area contributed by atoms with Gasteiger partial charge in [-0.05, 0) is 0 Å². The van der Waals surface area contributed by atoms with E-state index in [9.17, 15) is 44.7 Å². The van der Waals surface area contributed by atoms with E-state index in [0.717, 1.165) is 0 Å². The van der Waals surface area contributed by atoms with Crippen LogP contribution in [-0.4, -0.2) is 11.8 Å². The highest BCUT2D eigenvalue weighted by atomic mass is 19.2. The van der Waals surface area contributed by atoms with Gasteiger partial charge in [-0.15, -0.1) is 0 Å². The minimum absolute atomic E-state index is 0.0224. The lowest BCUT2D eigenvalue weighted by molar-refractivity contribution is -0.139. The fraction of sp³-hybridized carbons (Fsp3) is 0.125. The monoisotopic (exact) mass is 412 g/mol. The lowest BCUT2D eigenvalue weighted by Crippen LogP contribution is -2.39. The lowest BCUT2D eigenvalue weighted by atomic mass is 10.1. The summed E-state index contributed by atoms with van der Waals surface area (Å²) < 4.78 is 105. The van der Waals surface area contributed by atoms with Gasteiger partial charge in [0.25, 0.3) is 0 Å². The van der Waals surface area contributed by atoms with Crippen LogP contribution in [0.5, 0.6) is 0 Å². The van der Waals surface area contributed by atoms with E-state index in [1.54, 1.807) is 10.6 Å². The third kappa shape index (κ3) is 4.21. The van der Waals surface area contributed by atoms with Gasteiger partial charge in [0.05, 0.1) is 0 Å². The number of carbonyl (C=O) groups is 2. The van der Waals surface area contributed by atoms with Crippen molar-refractivity contribution < 1.29 is 44.7 Å². The van der Waals surface area contributed by atoms with E-state index < -0.39 is 82.6 Å². The van der Waals surface area contributed by atoms with Crippen LogP contribution in [0.15, 0.2) is 12.1 Å². The molecule has 0 aliphatic rings. The first-order valence-corrected chi connectivity index (χ1v) is 7.24. The topological polar surface area (TPSA) is 58.2 Å². The quantitative estimate of drug-likeness (QED) is 0.351. The van der Waals surface area contributed by atoms with Gasteiger partial charge in [0, 0.05) is 36.3 Å². The van der Waals surface area contributed by atoms with Crippen LogP contribution in [-0.2, 0) is 22.7 Å². The average Bonchev–Trinajstić information content (AvgIpc) is 2.63. The van der Waals surface area contributed by atoms with E-state index >= 15 is 0 Å². The van der Waals surface area contributed by atoms with E-state index in [-0.39, 0.29) is 12.1 Å². The van der Waals surface area contributed by atoms with Gasteiger partial charge in [-0.1, -0.05) is 0 Å². The largest absolute Gasteiger partial charge is 0.344 e. The highest BCUT2D eigenvalue weighted by Gasteiger charge is 2.23. The van der Waals surface area contributed by atoms with Crippen LogP contribution in [0, 0.1) is 46.5 Å². The Morgan fingerprint density at radius 1 is 0.571 bits per heavy atom. The summed E-state index contributed by atoms with van der Waals surface area (Å²) in [5, 5.41) is 3.34. The van der Waals surface area contributed by atoms with Crippen molar-refractivity contribution >= 4 is 11.8 Å². The third-order valence-electron chi connectivity index (χ3n) is 3.48. The molecule has 0 aromatic heterocycles. The molecule has 0 unspecified atom stereocenters. The van der Waals surface area contributed by atoms with Gasteiger partial charge in [0.15, 0.2) is 34.9 Å². The van der Waals surface area contributed by atoms with Crippen LogP contribution in [0.4, 0.5) is 35.1 Å². The maximum Gasteiger partial charge on any atom is 0.309 e. The summed E-state index contributed by atoms with van der Waals surface area (Å²) in [5.41, 5.74) is -2.17. The fourth-order valence-electron chi connectivity index (χ4n) is 2.03. The molecule has 150 valence electrons. The molecule has 0 aliphatic carbocycles. The second-order valence-corrected chi connectivity index (χ2v) is 5.26. The number of hydrogen-bond acceptors (Lipinski definition) is 2. The van der Waals surface area contributed by atoms with Gasteiger partial charge < -0.3 is 10.6 Å². The highest BCUT2D eigenvalue weighted by Crippen LogP contribution is 2.20. The van der Waals surface area contributed by atoms with Crippen molar-refractivity contribution in [3.8, 4) is 0 Å². The van der Waals surface area contributed by atoms with E-state index in [1.807, 2.05) is 0 Å². The Morgan fingerprint density at radius 2 is 0.893 bits per heavy atom. The second kappa shape index (κ2) is 8.23. The molecule has 2 rings (SSSR count). The molecule has 0 atom stereocenters. The van der Waals surface area contributed by atoms with Crippen molar-refractivity contribution in [1.82, 2.24) is 10.6 Å². The van der Waals surface area contributed by atoms with Gasteiger partial charge in [-0.2, -0.15) is 0 Å². The molecule has 4 nitrogen and oxygen atoms in total. The van der Waals surface area contributed by atoms with Crippen molar-refractivity contribution in [2.24, 2.45) is 0 Å². The summed E-state index contributed by atoms with van der Waals surface area (Å²) in [5.74, 6) is -17.7. The molecule has 0 spiro atoms. The summed E-state index contributed by atoms with van der Waals surface area (Å²) in [6, 6.07) is 0.0449. The van der Waals surface area contributed by atoms with Gasteiger partial charge in [0.1, 0.15) is 11.6 Å². The summed E-state index contributed by atoms with van der Waals surface area (Å²) in [6.07, 6.45) is 0. The van der Waals surface area contributed by atoms with E-state index in [0.29, 0.717) is 0 Å². The van der Waals surface area contributed by atoms with Crippen molar-refractivity contribution in [1.29, 1.82) is 0 Å². The molecule has 2 aromatic rings. The van der Waals surface area contributed by atoms with E-state index in [4.69, 9.17) is 0 Å². The zero-order valence-corrected chi connectivity index (χ0v) is 13.4. The van der Waals surface area contributed by atoms with E-state index in [1.165, 1.54) is 0 Å². The third-order valence-corrected chi connectivity index (χ3v) is 3.48. The van der Waals surface area contributed by atoms with Crippen LogP contribution >= 0.6 is 0 Å². The van der Waals surface area contributed by atoms with Crippen molar-refractivity contribution in [2.45, 2.75) is 13.1 Å². The van der Waals surface area contributed by atoms with Crippen LogP contribution < -0.4 is 10.6 Å². The molecule has 0 fully saturated rings. The summed E-state index contributed by atoms with van der Waals surface area (Å²) in [4.78, 5) is 23.1. The maximum atomic E-state index is 13.4. The Morgan fingerprint density at radius 3 is 1.21 bits per heavy atom. The van der Waals surface area contributed by atoms with Gasteiger partial charge in [-0.25, -0.2) is 35.1 Å². The molecule has 0 heterocycles. The molecule has 2 N–H and O–H groups in total. The number of nitrogens with one attached hydrogen (secondary N) is 2. The molecule has 0 radical (unpaired) electrons. The molecule has 0 aliphatic heterocycles. The molecular formula is C16H8F8N2O2. The molecular weight excluding hydrogens is 404 g/mol. The summed E-state index contributed by atoms with van der Waals surface area (Å²) >= 11 is 0. The smallest absolute Gasteiger partial charge is 0.309 e. The average molecular weight is 412 g/mol. The van der Waals surface area contributed by atoms with Crippen molar-refractivity contribution in [3.05, 3.63) is 69.8 Å². The SMILES string of the molecule is O=C(NCc1c(F)cc(F)c(F)c1F)C(=O)NCc1c(F)cc(F)c(F)c1F. The predicted octanol–water partition coefficient (Wildman–Crippen LogP) is 2.73. The van der Waals surface area contributed by atoms with Crippen LogP contribution in [0.3, 0.4) is 0 Å². The fourth-order valence-corrected chi connectivity index (χ4v) is 2.03. The first kappa shape index (κ1) is 21.1. The Balaban J connectivity index is 2.03. The molecule has 0 saturated heterocycles. The second-order valence-electron chi connectivity index (χ2n) is 5.26. The van der Waals surface area contributed by atoms with Crippen LogP contribution in [0.1, 0.15) is 11.1 Å². The summed E-state index contributed by atoms with van der Waals surface area (Å²) in [6.45, 7) is -2.12. The van der Waals surface area contributed by atoms with Gasteiger partial charge in [0.2, 0.25) is 0 Å². The number of carbonyl (C=O) groups excluding carboxylic acids is 2. The van der Waals surface area contributed by atoms with Crippen LogP contribution in [0.2, 0.25) is 0 Å². The van der Waals surface area contributed by atoms with Crippen LogP contribution in [0.25, 0.3) is 0 Å². The number of halogens is 8. The Labute approximate surface area is 151 Å². The maximum absolute atomic E-state index is 13.4. The van der Waals surface area contributed by atoms with Gasteiger partial charge in [-0.3, -0.25) is 9.59 Å². The Hall–Kier alpha value is -3.18.